The van der Waals surface area contributed by atoms with Gasteiger partial charge >= 0.3 is 0 Å². The first-order chi connectivity index (χ1) is 13.5. The van der Waals surface area contributed by atoms with Gasteiger partial charge in [0.25, 0.3) is 0 Å². The molecule has 0 aliphatic rings. The van der Waals surface area contributed by atoms with Crippen LogP contribution in [0.3, 0.4) is 0 Å². The van der Waals surface area contributed by atoms with E-state index in [1.54, 1.807) is 12.0 Å². The summed E-state index contributed by atoms with van der Waals surface area (Å²) in [5.74, 6) is 1.92. The highest BCUT2D eigenvalue weighted by molar-refractivity contribution is 5.93. The summed E-state index contributed by atoms with van der Waals surface area (Å²) < 4.78 is 10.5. The van der Waals surface area contributed by atoms with Crippen molar-refractivity contribution in [3.63, 3.8) is 0 Å². The number of ether oxygens (including phenoxy) is 1. The van der Waals surface area contributed by atoms with Crippen LogP contribution in [-0.4, -0.2) is 30.2 Å². The Morgan fingerprint density at radius 1 is 1.14 bits per heavy atom. The molecular formula is C22H25N3O3. The summed E-state index contributed by atoms with van der Waals surface area (Å²) in [6.07, 6.45) is 1.64. The van der Waals surface area contributed by atoms with Gasteiger partial charge in [-0.3, -0.25) is 4.79 Å². The highest BCUT2D eigenvalue weighted by atomic mass is 16.5. The third-order valence-corrected chi connectivity index (χ3v) is 4.70. The smallest absolute Gasteiger partial charge is 0.226 e. The van der Waals surface area contributed by atoms with Gasteiger partial charge in [-0.05, 0) is 61.7 Å². The van der Waals surface area contributed by atoms with E-state index in [0.29, 0.717) is 31.0 Å². The molecule has 6 nitrogen and oxygen atoms in total. The van der Waals surface area contributed by atoms with Gasteiger partial charge in [0.1, 0.15) is 5.75 Å². The van der Waals surface area contributed by atoms with Gasteiger partial charge in [0.15, 0.2) is 0 Å². The van der Waals surface area contributed by atoms with E-state index in [1.807, 2.05) is 63.4 Å². The molecule has 28 heavy (non-hydrogen) atoms. The largest absolute Gasteiger partial charge is 0.497 e. The molecule has 1 heterocycles. The predicted molar refractivity (Wildman–Crippen MR) is 109 cm³/mol. The quantitative estimate of drug-likeness (QED) is 0.610. The normalized spacial score (nSPS) is 10.7. The van der Waals surface area contributed by atoms with Crippen molar-refractivity contribution in [3.05, 3.63) is 59.5 Å². The number of methoxy groups -OCH3 is 1. The number of aryl methyl sites for hydroxylation is 3. The van der Waals surface area contributed by atoms with E-state index in [-0.39, 0.29) is 5.91 Å². The predicted octanol–water partition coefficient (Wildman–Crippen LogP) is 4.35. The summed E-state index contributed by atoms with van der Waals surface area (Å²) in [6.45, 7) is 4.04. The molecule has 146 valence electrons. The second-order valence-electron chi connectivity index (χ2n) is 6.84. The molecule has 0 aliphatic heterocycles. The van der Waals surface area contributed by atoms with E-state index in [0.717, 1.165) is 28.1 Å². The van der Waals surface area contributed by atoms with E-state index in [2.05, 4.69) is 10.1 Å². The number of aromatic nitrogens is 2. The number of hydrogen-bond acceptors (Lipinski definition) is 5. The van der Waals surface area contributed by atoms with Gasteiger partial charge in [-0.25, -0.2) is 0 Å². The van der Waals surface area contributed by atoms with Crippen LogP contribution in [0.4, 0.5) is 5.69 Å². The zero-order valence-electron chi connectivity index (χ0n) is 16.7. The number of hydrogen-bond donors (Lipinski definition) is 0. The molecule has 0 saturated carbocycles. The Bertz CT molecular complexity index is 948. The van der Waals surface area contributed by atoms with Crippen LogP contribution in [0.15, 0.2) is 47.0 Å². The lowest BCUT2D eigenvalue weighted by atomic mass is 10.1. The molecule has 6 heteroatoms. The van der Waals surface area contributed by atoms with Gasteiger partial charge in [0, 0.05) is 31.1 Å². The fraction of sp³-hybridized carbons (Fsp3) is 0.318. The van der Waals surface area contributed by atoms with Crippen molar-refractivity contribution in [3.8, 4) is 17.1 Å². The molecule has 0 aliphatic carbocycles. The first-order valence-corrected chi connectivity index (χ1v) is 9.28. The van der Waals surface area contributed by atoms with Crippen LogP contribution in [0.2, 0.25) is 0 Å². The van der Waals surface area contributed by atoms with Crippen LogP contribution in [0, 0.1) is 13.8 Å². The lowest BCUT2D eigenvalue weighted by Gasteiger charge is -2.20. The van der Waals surface area contributed by atoms with E-state index in [9.17, 15) is 4.79 Å². The maximum absolute atomic E-state index is 12.5. The molecular weight excluding hydrogens is 354 g/mol. The Labute approximate surface area is 165 Å². The number of anilines is 1. The van der Waals surface area contributed by atoms with Gasteiger partial charge in [-0.1, -0.05) is 17.3 Å². The summed E-state index contributed by atoms with van der Waals surface area (Å²) in [7, 11) is 3.44. The van der Waals surface area contributed by atoms with Crippen molar-refractivity contribution >= 4 is 11.6 Å². The lowest BCUT2D eigenvalue weighted by molar-refractivity contribution is -0.118. The zero-order valence-corrected chi connectivity index (χ0v) is 16.7. The van der Waals surface area contributed by atoms with Crippen molar-refractivity contribution < 1.29 is 14.1 Å². The first-order valence-electron chi connectivity index (χ1n) is 9.28. The van der Waals surface area contributed by atoms with Gasteiger partial charge < -0.3 is 14.2 Å². The van der Waals surface area contributed by atoms with E-state index < -0.39 is 0 Å². The molecule has 0 N–H and O–H groups in total. The topological polar surface area (TPSA) is 68.5 Å². The molecule has 2 aromatic carbocycles. The van der Waals surface area contributed by atoms with Crippen molar-refractivity contribution in [1.29, 1.82) is 0 Å². The Hall–Kier alpha value is -3.15. The summed E-state index contributed by atoms with van der Waals surface area (Å²) in [5.41, 5.74) is 4.03. The van der Waals surface area contributed by atoms with Crippen molar-refractivity contribution in [1.82, 2.24) is 10.1 Å². The Kier molecular flexibility index (Phi) is 6.09. The molecule has 0 atom stereocenters. The number of carbonyl (C=O) groups is 1. The third kappa shape index (κ3) is 4.57. The van der Waals surface area contributed by atoms with Crippen LogP contribution in [-0.2, 0) is 11.2 Å². The number of amides is 1. The fourth-order valence-electron chi connectivity index (χ4n) is 2.99. The van der Waals surface area contributed by atoms with E-state index in [1.165, 1.54) is 0 Å². The molecule has 0 spiro atoms. The summed E-state index contributed by atoms with van der Waals surface area (Å²) in [6, 6.07) is 13.6. The minimum absolute atomic E-state index is 0.0728. The molecule has 0 radical (unpaired) electrons. The summed E-state index contributed by atoms with van der Waals surface area (Å²) in [4.78, 5) is 18.7. The SMILES string of the molecule is COc1ccc(-c2noc(CCCC(=O)N(C)c3cc(C)ccc3C)n2)cc1. The summed E-state index contributed by atoms with van der Waals surface area (Å²) >= 11 is 0. The highest BCUT2D eigenvalue weighted by Crippen LogP contribution is 2.22. The molecule has 3 aromatic rings. The van der Waals surface area contributed by atoms with Crippen LogP contribution in [0.1, 0.15) is 29.9 Å². The molecule has 3 rings (SSSR count). The second kappa shape index (κ2) is 8.69. The fourth-order valence-corrected chi connectivity index (χ4v) is 2.99. The van der Waals surface area contributed by atoms with Gasteiger partial charge in [0.2, 0.25) is 17.6 Å². The molecule has 0 saturated heterocycles. The number of nitrogens with zero attached hydrogens (tertiary/aromatic N) is 3. The molecule has 0 fully saturated rings. The van der Waals surface area contributed by atoms with Crippen LogP contribution in [0.25, 0.3) is 11.4 Å². The average molecular weight is 379 g/mol. The summed E-state index contributed by atoms with van der Waals surface area (Å²) in [5, 5.41) is 4.02. The Balaban J connectivity index is 1.55. The minimum atomic E-state index is 0.0728. The zero-order chi connectivity index (χ0) is 20.1. The first kappa shape index (κ1) is 19.6. The van der Waals surface area contributed by atoms with Crippen LogP contribution < -0.4 is 9.64 Å². The van der Waals surface area contributed by atoms with Gasteiger partial charge in [-0.2, -0.15) is 4.98 Å². The number of benzene rings is 2. The lowest BCUT2D eigenvalue weighted by Crippen LogP contribution is -2.26. The maximum atomic E-state index is 12.5. The second-order valence-corrected chi connectivity index (χ2v) is 6.84. The Morgan fingerprint density at radius 3 is 2.61 bits per heavy atom. The monoisotopic (exact) mass is 379 g/mol. The van der Waals surface area contributed by atoms with Crippen LogP contribution in [0.5, 0.6) is 5.75 Å². The van der Waals surface area contributed by atoms with Crippen molar-refractivity contribution in [2.24, 2.45) is 0 Å². The average Bonchev–Trinajstić information content (AvgIpc) is 3.18. The van der Waals surface area contributed by atoms with E-state index >= 15 is 0 Å². The van der Waals surface area contributed by atoms with Crippen molar-refractivity contribution in [2.75, 3.05) is 19.1 Å². The number of carbonyl (C=O) groups excluding carboxylic acids is 1. The van der Waals surface area contributed by atoms with E-state index in [4.69, 9.17) is 9.26 Å². The third-order valence-electron chi connectivity index (χ3n) is 4.70. The van der Waals surface area contributed by atoms with Crippen molar-refractivity contribution in [2.45, 2.75) is 33.1 Å². The number of rotatable bonds is 7. The molecule has 1 amide bonds. The molecule has 0 bridgehead atoms. The molecule has 1 aromatic heterocycles. The molecule has 0 unspecified atom stereocenters. The van der Waals surface area contributed by atoms with Gasteiger partial charge in [0.05, 0.1) is 7.11 Å². The minimum Gasteiger partial charge on any atom is -0.497 e. The maximum Gasteiger partial charge on any atom is 0.226 e. The Morgan fingerprint density at radius 2 is 1.89 bits per heavy atom. The van der Waals surface area contributed by atoms with Gasteiger partial charge in [-0.15, -0.1) is 0 Å². The van der Waals surface area contributed by atoms with Crippen LogP contribution >= 0.6 is 0 Å². The standard InChI is InChI=1S/C22H25N3O3/c1-15-8-9-16(2)19(14-15)25(3)21(26)7-5-6-20-23-22(24-28-20)17-10-12-18(27-4)13-11-17/h8-14H,5-7H2,1-4H3. The highest BCUT2D eigenvalue weighted by Gasteiger charge is 2.14.